The lowest BCUT2D eigenvalue weighted by atomic mass is 10.3. The Morgan fingerprint density at radius 3 is 3.00 bits per heavy atom. The molecule has 0 radical (unpaired) electrons. The van der Waals surface area contributed by atoms with E-state index in [1.807, 2.05) is 13.2 Å². The van der Waals surface area contributed by atoms with E-state index < -0.39 is 6.10 Å². The number of rotatable bonds is 2. The van der Waals surface area contributed by atoms with Crippen molar-refractivity contribution in [2.75, 3.05) is 13.1 Å². The molecule has 1 aliphatic heterocycles. The first-order valence-electron chi connectivity index (χ1n) is 6.05. The van der Waals surface area contributed by atoms with Crippen molar-refractivity contribution < 1.29 is 9.90 Å². The lowest BCUT2D eigenvalue weighted by Crippen LogP contribution is -2.28. The summed E-state index contributed by atoms with van der Waals surface area (Å²) in [5.74, 6) is -0.0517. The third kappa shape index (κ3) is 2.39. The van der Waals surface area contributed by atoms with E-state index in [4.69, 9.17) is 0 Å². The molecule has 1 aliphatic rings. The number of amides is 1. The van der Waals surface area contributed by atoms with Crippen LogP contribution in [0.1, 0.15) is 16.1 Å². The number of carbonyl (C=O) groups is 1. The van der Waals surface area contributed by atoms with E-state index in [0.29, 0.717) is 24.4 Å². The maximum absolute atomic E-state index is 12.2. The van der Waals surface area contributed by atoms with Crippen LogP contribution >= 0.6 is 11.3 Å². The number of aliphatic hydroxyl groups excluding tert-OH is 1. The zero-order valence-corrected chi connectivity index (χ0v) is 11.3. The minimum atomic E-state index is -0.394. The molecule has 3 rings (SSSR count). The van der Waals surface area contributed by atoms with Gasteiger partial charge in [-0.1, -0.05) is 0 Å². The molecule has 0 aromatic carbocycles. The third-order valence-corrected chi connectivity index (χ3v) is 4.15. The van der Waals surface area contributed by atoms with E-state index >= 15 is 0 Å². The van der Waals surface area contributed by atoms with Crippen molar-refractivity contribution in [3.8, 4) is 10.6 Å². The van der Waals surface area contributed by atoms with Gasteiger partial charge < -0.3 is 10.0 Å². The maximum atomic E-state index is 12.2. The highest BCUT2D eigenvalue weighted by molar-refractivity contribution is 7.16. The normalized spacial score (nSPS) is 19.1. The van der Waals surface area contributed by atoms with Crippen molar-refractivity contribution in [3.05, 3.63) is 23.5 Å². The van der Waals surface area contributed by atoms with E-state index in [1.54, 1.807) is 22.0 Å². The summed E-state index contributed by atoms with van der Waals surface area (Å²) in [6, 6.07) is 0. The van der Waals surface area contributed by atoms with Gasteiger partial charge in [0.2, 0.25) is 0 Å². The summed E-state index contributed by atoms with van der Waals surface area (Å²) in [6.07, 6.45) is 5.45. The highest BCUT2D eigenvalue weighted by Gasteiger charge is 2.26. The summed E-state index contributed by atoms with van der Waals surface area (Å²) in [4.78, 5) is 18.7. The summed E-state index contributed by atoms with van der Waals surface area (Å²) in [5, 5.41) is 14.3. The molecule has 0 spiro atoms. The van der Waals surface area contributed by atoms with Gasteiger partial charge in [-0.2, -0.15) is 5.10 Å². The van der Waals surface area contributed by atoms with E-state index in [-0.39, 0.29) is 5.91 Å². The zero-order chi connectivity index (χ0) is 13.4. The lowest BCUT2D eigenvalue weighted by molar-refractivity contribution is 0.0769. The maximum Gasteiger partial charge on any atom is 0.265 e. The van der Waals surface area contributed by atoms with Crippen LogP contribution < -0.4 is 0 Å². The minimum Gasteiger partial charge on any atom is -0.391 e. The zero-order valence-electron chi connectivity index (χ0n) is 10.5. The van der Waals surface area contributed by atoms with Crippen LogP contribution in [-0.4, -0.2) is 49.9 Å². The molecule has 0 aliphatic carbocycles. The van der Waals surface area contributed by atoms with Gasteiger partial charge in [0.1, 0.15) is 9.88 Å². The highest BCUT2D eigenvalue weighted by Crippen LogP contribution is 2.26. The molecule has 0 unspecified atom stereocenters. The van der Waals surface area contributed by atoms with Gasteiger partial charge >= 0.3 is 0 Å². The van der Waals surface area contributed by atoms with Crippen LogP contribution in [0, 0.1) is 0 Å². The molecule has 1 amide bonds. The number of aliphatic hydroxyl groups is 1. The van der Waals surface area contributed by atoms with Gasteiger partial charge in [0.25, 0.3) is 5.91 Å². The Hall–Kier alpha value is -1.73. The van der Waals surface area contributed by atoms with Crippen LogP contribution in [0.25, 0.3) is 10.6 Å². The van der Waals surface area contributed by atoms with Gasteiger partial charge in [-0.05, 0) is 6.42 Å². The van der Waals surface area contributed by atoms with E-state index in [9.17, 15) is 9.90 Å². The average molecular weight is 278 g/mol. The topological polar surface area (TPSA) is 71.2 Å². The second kappa shape index (κ2) is 4.75. The van der Waals surface area contributed by atoms with E-state index in [2.05, 4.69) is 10.1 Å². The Morgan fingerprint density at radius 2 is 2.37 bits per heavy atom. The van der Waals surface area contributed by atoms with Crippen LogP contribution in [0.4, 0.5) is 0 Å². The van der Waals surface area contributed by atoms with Crippen molar-refractivity contribution in [3.63, 3.8) is 0 Å². The molecule has 2 aromatic rings. The van der Waals surface area contributed by atoms with Gasteiger partial charge in [0.05, 0.1) is 18.5 Å². The van der Waals surface area contributed by atoms with Gasteiger partial charge in [0, 0.05) is 31.9 Å². The fraction of sp³-hybridized carbons (Fsp3) is 0.417. The Kier molecular flexibility index (Phi) is 3.08. The Bertz CT molecular complexity index is 606. The molecule has 1 atom stereocenters. The van der Waals surface area contributed by atoms with Crippen LogP contribution in [0.5, 0.6) is 0 Å². The van der Waals surface area contributed by atoms with E-state index in [0.717, 1.165) is 10.6 Å². The van der Waals surface area contributed by atoms with Crippen LogP contribution in [0.3, 0.4) is 0 Å². The molecule has 100 valence electrons. The Labute approximate surface area is 114 Å². The number of nitrogens with zero attached hydrogens (tertiary/aromatic N) is 4. The summed E-state index contributed by atoms with van der Waals surface area (Å²) in [7, 11) is 1.84. The number of aromatic nitrogens is 3. The number of hydrogen-bond donors (Lipinski definition) is 1. The number of likely N-dealkylation sites (tertiary alicyclic amines) is 1. The fourth-order valence-electron chi connectivity index (χ4n) is 2.12. The number of β-amino-alcohol motifs (C(OH)–C–C–N with tert-alkyl or cyclic N) is 1. The monoisotopic (exact) mass is 278 g/mol. The van der Waals surface area contributed by atoms with Gasteiger partial charge in [-0.15, -0.1) is 11.3 Å². The molecule has 6 nitrogen and oxygen atoms in total. The van der Waals surface area contributed by atoms with Crippen molar-refractivity contribution in [1.82, 2.24) is 19.7 Å². The second-order valence-electron chi connectivity index (χ2n) is 4.63. The summed E-state index contributed by atoms with van der Waals surface area (Å²) < 4.78 is 1.70. The number of thiazole rings is 1. The fourth-order valence-corrected chi connectivity index (χ4v) is 2.98. The molecule has 2 aromatic heterocycles. The quantitative estimate of drug-likeness (QED) is 0.880. The molecule has 0 bridgehead atoms. The molecule has 19 heavy (non-hydrogen) atoms. The van der Waals surface area contributed by atoms with Crippen LogP contribution in [-0.2, 0) is 7.05 Å². The average Bonchev–Trinajstić information content (AvgIpc) is 3.07. The highest BCUT2D eigenvalue weighted by atomic mass is 32.1. The van der Waals surface area contributed by atoms with Gasteiger partial charge in [0.15, 0.2) is 0 Å². The number of aryl methyl sites for hydroxylation is 1. The van der Waals surface area contributed by atoms with Crippen LogP contribution in [0.15, 0.2) is 18.6 Å². The molecular formula is C12H14N4O2S. The number of hydrogen-bond acceptors (Lipinski definition) is 5. The van der Waals surface area contributed by atoms with Crippen LogP contribution in [0.2, 0.25) is 0 Å². The smallest absolute Gasteiger partial charge is 0.265 e. The Morgan fingerprint density at radius 1 is 1.53 bits per heavy atom. The molecule has 7 heteroatoms. The molecular weight excluding hydrogens is 264 g/mol. The molecule has 1 saturated heterocycles. The summed E-state index contributed by atoms with van der Waals surface area (Å²) in [6.45, 7) is 1.03. The molecule has 1 N–H and O–H groups in total. The first kappa shape index (κ1) is 12.3. The lowest BCUT2D eigenvalue weighted by Gasteiger charge is -2.13. The van der Waals surface area contributed by atoms with Gasteiger partial charge in [-0.25, -0.2) is 4.98 Å². The predicted molar refractivity (Wildman–Crippen MR) is 70.8 cm³/mol. The molecule has 0 saturated carbocycles. The number of carbonyl (C=O) groups excluding carboxylic acids is 1. The predicted octanol–water partition coefficient (Wildman–Crippen LogP) is 0.750. The third-order valence-electron chi connectivity index (χ3n) is 3.12. The molecule has 3 heterocycles. The van der Waals surface area contributed by atoms with Gasteiger partial charge in [-0.3, -0.25) is 9.48 Å². The Balaban J connectivity index is 1.79. The summed E-state index contributed by atoms with van der Waals surface area (Å²) in [5.41, 5.74) is 0.910. The molecule has 1 fully saturated rings. The second-order valence-corrected chi connectivity index (χ2v) is 5.66. The van der Waals surface area contributed by atoms with Crippen molar-refractivity contribution in [2.24, 2.45) is 7.05 Å². The first-order valence-corrected chi connectivity index (χ1v) is 6.87. The van der Waals surface area contributed by atoms with Crippen molar-refractivity contribution >= 4 is 17.2 Å². The largest absolute Gasteiger partial charge is 0.391 e. The van der Waals surface area contributed by atoms with Crippen molar-refractivity contribution in [1.29, 1.82) is 0 Å². The summed E-state index contributed by atoms with van der Waals surface area (Å²) >= 11 is 1.36. The minimum absolute atomic E-state index is 0.0517. The van der Waals surface area contributed by atoms with E-state index in [1.165, 1.54) is 11.3 Å². The van der Waals surface area contributed by atoms with Crippen molar-refractivity contribution in [2.45, 2.75) is 12.5 Å². The first-order chi connectivity index (χ1) is 9.13. The SMILES string of the molecule is Cn1cc(-c2ncc(C(=O)N3CC[C@@H](O)C3)s2)cn1. The standard InChI is InChI=1S/C12H14N4O2S/c1-15-6-8(4-14-15)11-13-5-10(19-11)12(18)16-3-2-9(17)7-16/h4-6,9,17H,2-3,7H2,1H3/t9-/m1/s1.